The fourth-order valence-electron chi connectivity index (χ4n) is 5.20. The minimum atomic E-state index is -5.79. The number of alkyl halides is 6. The standard InChI is InChI=1S/C24H29F7N2O4/c1-21(9-11-33(12-10-21)20(36)37-18(23(26,27)28)24(29,30)31)32(2)14-15-5-6-16(25)13-17(15)22(19(34)35)7-3-4-8-22/h5-6,13,18H,3-4,7-12,14H2,1-2H3,(H,34,35). The highest BCUT2D eigenvalue weighted by Gasteiger charge is 2.60. The van der Waals surface area contributed by atoms with Crippen molar-refractivity contribution in [1.82, 2.24) is 9.80 Å². The van der Waals surface area contributed by atoms with E-state index in [-0.39, 0.29) is 32.5 Å². The van der Waals surface area contributed by atoms with Crippen molar-refractivity contribution in [2.75, 3.05) is 20.1 Å². The number of carbonyl (C=O) groups is 2. The highest BCUT2D eigenvalue weighted by molar-refractivity contribution is 5.82. The van der Waals surface area contributed by atoms with Crippen LogP contribution in [-0.2, 0) is 21.5 Å². The molecule has 1 saturated carbocycles. The molecule has 1 aliphatic carbocycles. The average molecular weight is 542 g/mol. The molecule has 0 bridgehead atoms. The molecule has 2 fully saturated rings. The molecule has 1 saturated heterocycles. The zero-order valence-corrected chi connectivity index (χ0v) is 20.4. The number of ether oxygens (including phenoxy) is 1. The number of benzene rings is 1. The maximum Gasteiger partial charge on any atom is 0.434 e. The van der Waals surface area contributed by atoms with Gasteiger partial charge in [0.05, 0.1) is 5.41 Å². The maximum atomic E-state index is 14.2. The molecule has 1 aliphatic heterocycles. The molecule has 208 valence electrons. The van der Waals surface area contributed by atoms with Gasteiger partial charge in [-0.1, -0.05) is 18.9 Å². The lowest BCUT2D eigenvalue weighted by molar-refractivity contribution is -0.308. The zero-order chi connectivity index (χ0) is 27.8. The molecule has 0 unspecified atom stereocenters. The number of piperidine rings is 1. The molecule has 0 spiro atoms. The summed E-state index contributed by atoms with van der Waals surface area (Å²) >= 11 is 0. The van der Waals surface area contributed by atoms with Crippen molar-refractivity contribution in [1.29, 1.82) is 0 Å². The number of halogens is 7. The summed E-state index contributed by atoms with van der Waals surface area (Å²) in [6.07, 6.45) is -14.9. The van der Waals surface area contributed by atoms with Gasteiger partial charge in [0, 0.05) is 25.2 Å². The number of carbonyl (C=O) groups excluding carboxylic acids is 1. The predicted molar refractivity (Wildman–Crippen MR) is 117 cm³/mol. The lowest BCUT2D eigenvalue weighted by atomic mass is 9.76. The highest BCUT2D eigenvalue weighted by Crippen LogP contribution is 2.44. The van der Waals surface area contributed by atoms with Gasteiger partial charge in [-0.05, 0) is 62.9 Å². The molecule has 1 N–H and O–H groups in total. The van der Waals surface area contributed by atoms with Crippen molar-refractivity contribution in [3.8, 4) is 0 Å². The zero-order valence-electron chi connectivity index (χ0n) is 20.4. The lowest BCUT2D eigenvalue weighted by Gasteiger charge is -2.45. The molecular weight excluding hydrogens is 513 g/mol. The number of rotatable bonds is 6. The first-order chi connectivity index (χ1) is 17.0. The Balaban J connectivity index is 1.71. The van der Waals surface area contributed by atoms with Gasteiger partial charge in [-0.25, -0.2) is 9.18 Å². The van der Waals surface area contributed by atoms with Gasteiger partial charge in [-0.15, -0.1) is 0 Å². The van der Waals surface area contributed by atoms with E-state index in [0.717, 1.165) is 4.90 Å². The van der Waals surface area contributed by atoms with Gasteiger partial charge in [0.1, 0.15) is 5.82 Å². The number of hydrogen-bond acceptors (Lipinski definition) is 4. The van der Waals surface area contributed by atoms with Gasteiger partial charge in [-0.2, -0.15) is 26.3 Å². The Morgan fingerprint density at radius 1 is 1.05 bits per heavy atom. The molecule has 37 heavy (non-hydrogen) atoms. The number of carboxylic acids is 1. The number of carboxylic acid groups (broad SMARTS) is 1. The fourth-order valence-corrected chi connectivity index (χ4v) is 5.20. The fraction of sp³-hybridized carbons (Fsp3) is 0.667. The Morgan fingerprint density at radius 3 is 2.08 bits per heavy atom. The second-order valence-corrected chi connectivity index (χ2v) is 10.1. The summed E-state index contributed by atoms with van der Waals surface area (Å²) in [6.45, 7) is 1.78. The Morgan fingerprint density at radius 2 is 1.59 bits per heavy atom. The van der Waals surface area contributed by atoms with Crippen molar-refractivity contribution in [2.45, 2.75) is 81.4 Å². The van der Waals surface area contributed by atoms with Crippen LogP contribution in [0.2, 0.25) is 0 Å². The first kappa shape index (κ1) is 29.0. The van der Waals surface area contributed by atoms with E-state index >= 15 is 0 Å². The largest absolute Gasteiger partial charge is 0.481 e. The Bertz CT molecular complexity index is 984. The van der Waals surface area contributed by atoms with Crippen molar-refractivity contribution in [3.05, 3.63) is 35.1 Å². The minimum absolute atomic E-state index is 0.141. The smallest absolute Gasteiger partial charge is 0.434 e. The summed E-state index contributed by atoms with van der Waals surface area (Å²) in [5.41, 5.74) is -0.796. The molecule has 0 aromatic heterocycles. The normalized spacial score (nSPS) is 19.9. The Labute approximate surface area is 209 Å². The van der Waals surface area contributed by atoms with E-state index in [1.807, 2.05) is 11.8 Å². The summed E-state index contributed by atoms with van der Waals surface area (Å²) in [5.74, 6) is -1.57. The number of likely N-dealkylation sites (tertiary alicyclic amines) is 1. The summed E-state index contributed by atoms with van der Waals surface area (Å²) in [6, 6.07) is 4.03. The van der Waals surface area contributed by atoms with E-state index in [2.05, 4.69) is 4.74 Å². The molecule has 2 aliphatic rings. The van der Waals surface area contributed by atoms with Crippen molar-refractivity contribution >= 4 is 12.1 Å². The molecule has 13 heteroatoms. The molecule has 6 nitrogen and oxygen atoms in total. The van der Waals surface area contributed by atoms with Crippen LogP contribution in [-0.4, -0.2) is 71.1 Å². The molecule has 1 aromatic rings. The molecule has 3 rings (SSSR count). The summed E-state index contributed by atoms with van der Waals surface area (Å²) < 4.78 is 94.4. The van der Waals surface area contributed by atoms with Crippen LogP contribution in [0, 0.1) is 5.82 Å². The topological polar surface area (TPSA) is 70.1 Å². The van der Waals surface area contributed by atoms with Crippen LogP contribution in [0.5, 0.6) is 0 Å². The molecule has 0 radical (unpaired) electrons. The van der Waals surface area contributed by atoms with E-state index < -0.39 is 47.3 Å². The van der Waals surface area contributed by atoms with Crippen LogP contribution in [0.15, 0.2) is 18.2 Å². The molecule has 1 aromatic carbocycles. The SMILES string of the molecule is CN(Cc1ccc(F)cc1C1(C(=O)O)CCCC1)C1(C)CCN(C(=O)OC(C(F)(F)F)C(F)(F)F)CC1. The maximum absolute atomic E-state index is 14.2. The van der Waals surface area contributed by atoms with Crippen LogP contribution < -0.4 is 0 Å². The summed E-state index contributed by atoms with van der Waals surface area (Å²) in [7, 11) is 1.74. The van der Waals surface area contributed by atoms with E-state index in [4.69, 9.17) is 0 Å². The summed E-state index contributed by atoms with van der Waals surface area (Å²) in [4.78, 5) is 27.0. The van der Waals surface area contributed by atoms with Crippen LogP contribution >= 0.6 is 0 Å². The molecular formula is C24H29F7N2O4. The average Bonchev–Trinajstić information content (AvgIpc) is 3.28. The van der Waals surface area contributed by atoms with E-state index in [0.29, 0.717) is 36.8 Å². The highest BCUT2D eigenvalue weighted by atomic mass is 19.4. The number of amides is 1. The summed E-state index contributed by atoms with van der Waals surface area (Å²) in [5, 5.41) is 9.98. The van der Waals surface area contributed by atoms with Crippen molar-refractivity contribution in [2.24, 2.45) is 0 Å². The second-order valence-electron chi connectivity index (χ2n) is 10.1. The second kappa shape index (κ2) is 10.3. The first-order valence-corrected chi connectivity index (χ1v) is 11.8. The van der Waals surface area contributed by atoms with Gasteiger partial charge in [0.2, 0.25) is 0 Å². The van der Waals surface area contributed by atoms with Gasteiger partial charge in [0.25, 0.3) is 6.10 Å². The third kappa shape index (κ3) is 6.12. The number of nitrogens with zero attached hydrogens (tertiary/aromatic N) is 2. The van der Waals surface area contributed by atoms with Gasteiger partial charge < -0.3 is 14.7 Å². The Hall–Kier alpha value is -2.57. The van der Waals surface area contributed by atoms with Gasteiger partial charge >= 0.3 is 24.4 Å². The quantitative estimate of drug-likeness (QED) is 0.472. The first-order valence-electron chi connectivity index (χ1n) is 11.8. The van der Waals surface area contributed by atoms with Crippen LogP contribution in [0.1, 0.15) is 56.6 Å². The van der Waals surface area contributed by atoms with Crippen LogP contribution in [0.4, 0.5) is 35.5 Å². The number of hydrogen-bond donors (Lipinski definition) is 1. The van der Waals surface area contributed by atoms with Crippen molar-refractivity contribution < 1.29 is 50.2 Å². The third-order valence-corrected chi connectivity index (χ3v) is 7.70. The molecule has 1 heterocycles. The number of aliphatic carboxylic acids is 1. The van der Waals surface area contributed by atoms with Crippen LogP contribution in [0.25, 0.3) is 0 Å². The third-order valence-electron chi connectivity index (χ3n) is 7.70. The van der Waals surface area contributed by atoms with Gasteiger partial charge in [0.15, 0.2) is 0 Å². The van der Waals surface area contributed by atoms with E-state index in [9.17, 15) is 45.4 Å². The predicted octanol–water partition coefficient (Wildman–Crippen LogP) is 5.64. The Kier molecular flexibility index (Phi) is 8.07. The minimum Gasteiger partial charge on any atom is -0.481 e. The van der Waals surface area contributed by atoms with Crippen LogP contribution in [0.3, 0.4) is 0 Å². The monoisotopic (exact) mass is 542 g/mol. The molecule has 0 atom stereocenters. The molecule has 1 amide bonds. The lowest BCUT2D eigenvalue weighted by Crippen LogP contribution is -2.54. The van der Waals surface area contributed by atoms with E-state index in [1.165, 1.54) is 18.2 Å². The van der Waals surface area contributed by atoms with Gasteiger partial charge in [-0.3, -0.25) is 9.69 Å². The van der Waals surface area contributed by atoms with Crippen molar-refractivity contribution in [3.63, 3.8) is 0 Å². The van der Waals surface area contributed by atoms with E-state index in [1.54, 1.807) is 7.05 Å².